The van der Waals surface area contributed by atoms with Crippen LogP contribution in [0, 0.1) is 0 Å². The van der Waals surface area contributed by atoms with Crippen molar-refractivity contribution in [3.05, 3.63) is 53.6 Å². The number of aryl methyl sites for hydroxylation is 1. The Morgan fingerprint density at radius 2 is 2.00 bits per heavy atom. The predicted octanol–water partition coefficient (Wildman–Crippen LogP) is 4.38. The SMILES string of the molecule is CCc1cc(/C=C/CO)cc2cc(-c3ccc(O)cc3OC)oc12. The number of ether oxygens (including phenoxy) is 1. The second kappa shape index (κ2) is 6.81. The number of fused-ring (bicyclic) bond motifs is 1. The maximum atomic E-state index is 9.62. The van der Waals surface area contributed by atoms with E-state index >= 15 is 0 Å². The Labute approximate surface area is 140 Å². The molecule has 0 spiro atoms. The summed E-state index contributed by atoms with van der Waals surface area (Å²) in [6, 6.07) is 11.0. The average molecular weight is 324 g/mol. The topological polar surface area (TPSA) is 62.8 Å². The van der Waals surface area contributed by atoms with Crippen LogP contribution in [0.2, 0.25) is 0 Å². The summed E-state index contributed by atoms with van der Waals surface area (Å²) in [6.07, 6.45) is 4.45. The molecule has 4 nitrogen and oxygen atoms in total. The van der Waals surface area contributed by atoms with Crippen molar-refractivity contribution < 1.29 is 19.4 Å². The highest BCUT2D eigenvalue weighted by atomic mass is 16.5. The standard InChI is InChI=1S/C20H20O4/c1-3-14-9-13(5-4-8-21)10-15-11-19(24-20(14)15)17-7-6-16(22)12-18(17)23-2/h4-7,9-12,21-22H,3,8H2,1-2H3/b5-4+. The maximum absolute atomic E-state index is 9.62. The third-order valence-corrected chi connectivity index (χ3v) is 3.96. The van der Waals surface area contributed by atoms with Gasteiger partial charge in [0.1, 0.15) is 22.8 Å². The first-order valence-electron chi connectivity index (χ1n) is 7.87. The molecule has 1 aromatic heterocycles. The van der Waals surface area contributed by atoms with Crippen molar-refractivity contribution in [1.82, 2.24) is 0 Å². The summed E-state index contributed by atoms with van der Waals surface area (Å²) >= 11 is 0. The van der Waals surface area contributed by atoms with Crippen LogP contribution in [0.1, 0.15) is 18.1 Å². The fourth-order valence-corrected chi connectivity index (χ4v) is 2.82. The van der Waals surface area contributed by atoms with Gasteiger partial charge < -0.3 is 19.4 Å². The predicted molar refractivity (Wildman–Crippen MR) is 95.4 cm³/mol. The van der Waals surface area contributed by atoms with Gasteiger partial charge in [-0.05, 0) is 47.9 Å². The van der Waals surface area contributed by atoms with Crippen LogP contribution < -0.4 is 4.74 Å². The van der Waals surface area contributed by atoms with Crippen molar-refractivity contribution in [1.29, 1.82) is 0 Å². The lowest BCUT2D eigenvalue weighted by Crippen LogP contribution is -1.86. The van der Waals surface area contributed by atoms with E-state index < -0.39 is 0 Å². The molecule has 0 bridgehead atoms. The summed E-state index contributed by atoms with van der Waals surface area (Å²) in [4.78, 5) is 0. The number of hydrogen-bond acceptors (Lipinski definition) is 4. The van der Waals surface area contributed by atoms with Gasteiger partial charge in [0.25, 0.3) is 0 Å². The minimum atomic E-state index is 0.0147. The molecule has 0 aliphatic carbocycles. The quantitative estimate of drug-likeness (QED) is 0.731. The zero-order chi connectivity index (χ0) is 17.1. The molecule has 0 saturated heterocycles. The fraction of sp³-hybridized carbons (Fsp3) is 0.200. The van der Waals surface area contributed by atoms with E-state index in [1.165, 1.54) is 0 Å². The monoisotopic (exact) mass is 324 g/mol. The molecule has 0 amide bonds. The molecule has 0 aliphatic rings. The summed E-state index contributed by atoms with van der Waals surface area (Å²) in [5, 5.41) is 19.6. The number of phenols is 1. The van der Waals surface area contributed by atoms with E-state index in [1.807, 2.05) is 18.2 Å². The average Bonchev–Trinajstić information content (AvgIpc) is 3.02. The van der Waals surface area contributed by atoms with Crippen molar-refractivity contribution in [2.24, 2.45) is 0 Å². The number of rotatable bonds is 5. The number of benzene rings is 2. The van der Waals surface area contributed by atoms with Crippen LogP contribution in [0.5, 0.6) is 11.5 Å². The molecular formula is C20H20O4. The van der Waals surface area contributed by atoms with Crippen LogP contribution in [-0.2, 0) is 6.42 Å². The van der Waals surface area contributed by atoms with E-state index in [2.05, 4.69) is 13.0 Å². The highest BCUT2D eigenvalue weighted by Crippen LogP contribution is 2.37. The van der Waals surface area contributed by atoms with E-state index in [0.717, 1.165) is 34.1 Å². The molecular weight excluding hydrogens is 304 g/mol. The lowest BCUT2D eigenvalue weighted by Gasteiger charge is -2.06. The molecule has 124 valence electrons. The van der Waals surface area contributed by atoms with Gasteiger partial charge in [-0.15, -0.1) is 0 Å². The Kier molecular flexibility index (Phi) is 4.58. The highest BCUT2D eigenvalue weighted by molar-refractivity contribution is 5.88. The summed E-state index contributed by atoms with van der Waals surface area (Å²) in [5.74, 6) is 1.41. The molecule has 0 fully saturated rings. The molecule has 1 heterocycles. The smallest absolute Gasteiger partial charge is 0.139 e. The number of hydrogen-bond donors (Lipinski definition) is 2. The number of phenolic OH excluding ortho intramolecular Hbond substituents is 1. The van der Waals surface area contributed by atoms with Gasteiger partial charge >= 0.3 is 0 Å². The first-order chi connectivity index (χ1) is 11.7. The zero-order valence-electron chi connectivity index (χ0n) is 13.7. The number of aliphatic hydroxyl groups excluding tert-OH is 1. The molecule has 0 unspecified atom stereocenters. The maximum Gasteiger partial charge on any atom is 0.139 e. The fourth-order valence-electron chi connectivity index (χ4n) is 2.82. The van der Waals surface area contributed by atoms with Gasteiger partial charge in [0.2, 0.25) is 0 Å². The number of aromatic hydroxyl groups is 1. The molecule has 2 aromatic carbocycles. The Balaban J connectivity index is 2.16. The molecule has 2 N–H and O–H groups in total. The van der Waals surface area contributed by atoms with Crippen molar-refractivity contribution in [3.63, 3.8) is 0 Å². The highest BCUT2D eigenvalue weighted by Gasteiger charge is 2.14. The lowest BCUT2D eigenvalue weighted by molar-refractivity contribution is 0.343. The van der Waals surface area contributed by atoms with Crippen LogP contribution >= 0.6 is 0 Å². The van der Waals surface area contributed by atoms with Crippen LogP contribution in [0.15, 0.2) is 46.9 Å². The summed E-state index contributed by atoms with van der Waals surface area (Å²) in [6.45, 7) is 2.10. The minimum Gasteiger partial charge on any atom is -0.508 e. The van der Waals surface area contributed by atoms with Gasteiger partial charge in [0.05, 0.1) is 19.3 Å². The minimum absolute atomic E-state index is 0.0147. The van der Waals surface area contributed by atoms with E-state index in [1.54, 1.807) is 31.4 Å². The second-order valence-electron chi connectivity index (χ2n) is 5.53. The summed E-state index contributed by atoms with van der Waals surface area (Å²) < 4.78 is 11.4. The van der Waals surface area contributed by atoms with Crippen molar-refractivity contribution >= 4 is 17.0 Å². The van der Waals surface area contributed by atoms with E-state index in [9.17, 15) is 5.11 Å². The van der Waals surface area contributed by atoms with Gasteiger partial charge in [0.15, 0.2) is 0 Å². The molecule has 24 heavy (non-hydrogen) atoms. The Hall–Kier alpha value is -2.72. The molecule has 3 aromatic rings. The lowest BCUT2D eigenvalue weighted by atomic mass is 10.0. The zero-order valence-corrected chi connectivity index (χ0v) is 13.7. The van der Waals surface area contributed by atoms with Gasteiger partial charge in [-0.1, -0.05) is 19.1 Å². The molecule has 3 rings (SSSR count). The van der Waals surface area contributed by atoms with Crippen LogP contribution in [0.3, 0.4) is 0 Å². The van der Waals surface area contributed by atoms with E-state index in [4.69, 9.17) is 14.3 Å². The first-order valence-corrected chi connectivity index (χ1v) is 7.87. The summed E-state index contributed by atoms with van der Waals surface area (Å²) in [7, 11) is 1.57. The number of methoxy groups -OCH3 is 1. The Bertz CT molecular complexity index is 890. The van der Waals surface area contributed by atoms with Crippen molar-refractivity contribution in [2.75, 3.05) is 13.7 Å². The molecule has 0 atom stereocenters. The number of aliphatic hydroxyl groups is 1. The van der Waals surface area contributed by atoms with E-state index in [-0.39, 0.29) is 12.4 Å². The van der Waals surface area contributed by atoms with E-state index in [0.29, 0.717) is 11.5 Å². The second-order valence-corrected chi connectivity index (χ2v) is 5.53. The Morgan fingerprint density at radius 1 is 1.17 bits per heavy atom. The molecule has 0 saturated carbocycles. The third-order valence-electron chi connectivity index (χ3n) is 3.96. The molecule has 0 aliphatic heterocycles. The van der Waals surface area contributed by atoms with Gasteiger partial charge in [-0.25, -0.2) is 0 Å². The van der Waals surface area contributed by atoms with Gasteiger partial charge in [-0.2, -0.15) is 0 Å². The van der Waals surface area contributed by atoms with Crippen molar-refractivity contribution in [3.8, 4) is 22.8 Å². The third kappa shape index (κ3) is 3.01. The molecule has 0 radical (unpaired) electrons. The summed E-state index contributed by atoms with van der Waals surface area (Å²) in [5.41, 5.74) is 3.78. The van der Waals surface area contributed by atoms with Gasteiger partial charge in [-0.3, -0.25) is 0 Å². The largest absolute Gasteiger partial charge is 0.508 e. The van der Waals surface area contributed by atoms with Gasteiger partial charge in [0, 0.05) is 11.5 Å². The first kappa shape index (κ1) is 16.1. The van der Waals surface area contributed by atoms with Crippen molar-refractivity contribution in [2.45, 2.75) is 13.3 Å². The van der Waals surface area contributed by atoms with Crippen LogP contribution in [-0.4, -0.2) is 23.9 Å². The molecule has 4 heteroatoms. The Morgan fingerprint density at radius 3 is 2.71 bits per heavy atom. The van der Waals surface area contributed by atoms with Crippen LogP contribution in [0.25, 0.3) is 28.4 Å². The number of furan rings is 1. The van der Waals surface area contributed by atoms with Crippen LogP contribution in [0.4, 0.5) is 0 Å². The normalized spacial score (nSPS) is 11.5.